The largest absolute Gasteiger partial charge is 0.339 e. The van der Waals surface area contributed by atoms with Crippen molar-refractivity contribution in [3.05, 3.63) is 54.2 Å². The van der Waals surface area contributed by atoms with Crippen LogP contribution in [0.25, 0.3) is 0 Å². The molecule has 2 aromatic rings. The summed E-state index contributed by atoms with van der Waals surface area (Å²) in [6.45, 7) is 6.07. The predicted molar refractivity (Wildman–Crippen MR) is 128 cm³/mol. The highest BCUT2D eigenvalue weighted by molar-refractivity contribution is 6.01. The van der Waals surface area contributed by atoms with E-state index in [0.29, 0.717) is 25.1 Å². The Hall–Kier alpha value is -3.13. The lowest BCUT2D eigenvalue weighted by Crippen LogP contribution is -2.67. The van der Waals surface area contributed by atoms with Crippen molar-refractivity contribution in [2.75, 3.05) is 16.8 Å². The monoisotopic (exact) mass is 472 g/mol. The lowest BCUT2D eigenvalue weighted by molar-refractivity contribution is -0.711. The molecule has 0 aliphatic carbocycles. The minimum Gasteiger partial charge on any atom is -0.339 e. The summed E-state index contributed by atoms with van der Waals surface area (Å²) in [5, 5.41) is 8.66. The van der Waals surface area contributed by atoms with Crippen LogP contribution in [0.3, 0.4) is 0 Å². The van der Waals surface area contributed by atoms with Crippen molar-refractivity contribution in [3.63, 3.8) is 0 Å². The van der Waals surface area contributed by atoms with Crippen molar-refractivity contribution in [2.45, 2.75) is 51.7 Å². The van der Waals surface area contributed by atoms with E-state index in [1.807, 2.05) is 69.4 Å². The van der Waals surface area contributed by atoms with E-state index in [1.54, 1.807) is 4.90 Å². The highest BCUT2D eigenvalue weighted by Crippen LogP contribution is 2.34. The number of nitrogens with zero attached hydrogens (tertiary/aromatic N) is 2. The van der Waals surface area contributed by atoms with Crippen molar-refractivity contribution >= 4 is 41.8 Å². The second-order valence-electron chi connectivity index (χ2n) is 8.57. The molecule has 4 rings (SSSR count). The van der Waals surface area contributed by atoms with Crippen LogP contribution in [-0.4, -0.2) is 36.5 Å². The summed E-state index contributed by atoms with van der Waals surface area (Å²) in [6, 6.07) is 11.8. The molecular formula is C24H31ClN5O3+. The molecule has 0 saturated carbocycles. The Morgan fingerprint density at radius 1 is 1.18 bits per heavy atom. The number of anilines is 2. The van der Waals surface area contributed by atoms with Crippen LogP contribution in [0.4, 0.5) is 16.3 Å². The van der Waals surface area contributed by atoms with Gasteiger partial charge >= 0.3 is 11.9 Å². The van der Waals surface area contributed by atoms with E-state index in [-0.39, 0.29) is 48.3 Å². The minimum atomic E-state index is -0.650. The molecule has 0 spiro atoms. The quantitative estimate of drug-likeness (QED) is 0.564. The van der Waals surface area contributed by atoms with Gasteiger partial charge in [0.05, 0.1) is 12.7 Å². The Morgan fingerprint density at radius 2 is 1.91 bits per heavy atom. The van der Waals surface area contributed by atoms with Gasteiger partial charge in [0.2, 0.25) is 5.91 Å². The Kier molecular flexibility index (Phi) is 7.58. The summed E-state index contributed by atoms with van der Waals surface area (Å²) in [6.07, 6.45) is 3.30. The molecular weight excluding hydrogens is 442 g/mol. The van der Waals surface area contributed by atoms with Crippen molar-refractivity contribution in [3.8, 4) is 0 Å². The number of urea groups is 1. The van der Waals surface area contributed by atoms with Gasteiger partial charge in [0, 0.05) is 23.6 Å². The highest BCUT2D eigenvalue weighted by atomic mass is 35.5. The third-order valence-corrected chi connectivity index (χ3v) is 6.44. The predicted octanol–water partition coefficient (Wildman–Crippen LogP) is 2.58. The number of benzene rings is 1. The van der Waals surface area contributed by atoms with Gasteiger partial charge in [-0.1, -0.05) is 32.0 Å². The zero-order chi connectivity index (χ0) is 22.8. The third kappa shape index (κ3) is 4.80. The van der Waals surface area contributed by atoms with E-state index in [1.165, 1.54) is 0 Å². The average Bonchev–Trinajstić information content (AvgIpc) is 3.18. The Bertz CT molecular complexity index is 1030. The van der Waals surface area contributed by atoms with E-state index in [2.05, 4.69) is 20.5 Å². The van der Waals surface area contributed by atoms with E-state index in [0.717, 1.165) is 11.4 Å². The maximum Gasteiger partial charge on any atom is 0.336 e. The maximum atomic E-state index is 13.5. The molecule has 0 fully saturated rings. The van der Waals surface area contributed by atoms with Crippen LogP contribution < -0.4 is 25.4 Å². The molecule has 0 radical (unpaired) electrons. The van der Waals surface area contributed by atoms with Gasteiger partial charge in [0.1, 0.15) is 12.1 Å². The molecule has 4 atom stereocenters. The van der Waals surface area contributed by atoms with E-state index in [4.69, 9.17) is 0 Å². The van der Waals surface area contributed by atoms with Gasteiger partial charge < -0.3 is 16.0 Å². The topological polar surface area (TPSA) is 94.4 Å². The molecule has 33 heavy (non-hydrogen) atoms. The lowest BCUT2D eigenvalue weighted by atomic mass is 10.0. The lowest BCUT2D eigenvalue weighted by Gasteiger charge is -2.33. The molecule has 8 nitrogen and oxygen atoms in total. The molecule has 4 amide bonds. The number of rotatable bonds is 6. The summed E-state index contributed by atoms with van der Waals surface area (Å²) in [7, 11) is 0. The number of aromatic nitrogens is 1. The summed E-state index contributed by atoms with van der Waals surface area (Å²) < 4.78 is 2.06. The second-order valence-corrected chi connectivity index (χ2v) is 8.57. The molecule has 3 heterocycles. The Labute approximate surface area is 200 Å². The molecule has 2 aliphatic heterocycles. The number of hydrogen-bond donors (Lipinski definition) is 3. The molecule has 1 unspecified atom stereocenters. The van der Waals surface area contributed by atoms with Crippen LogP contribution >= 0.6 is 12.4 Å². The van der Waals surface area contributed by atoms with Gasteiger partial charge in [-0.05, 0) is 37.6 Å². The zero-order valence-electron chi connectivity index (χ0n) is 19.1. The van der Waals surface area contributed by atoms with Crippen LogP contribution in [0.5, 0.6) is 0 Å². The number of carbonyl (C=O) groups is 3. The van der Waals surface area contributed by atoms with Crippen LogP contribution in [0, 0.1) is 5.92 Å². The Morgan fingerprint density at radius 3 is 2.61 bits per heavy atom. The fourth-order valence-corrected chi connectivity index (χ4v) is 4.38. The molecule has 176 valence electrons. The standard InChI is InChI=1S/C24H29N5O3.ClH/c1-4-15(2)21(30)27-20-16(3)28-12-8-9-17-13-19(29(22(17)28)23(20)31)14-25-24(32)26-18-10-6-5-7-11-18;/h5-12,15-16,19-20H,4,13-14H2,1-3H3,(H2-,25,26,27,30,32);1H/p+1/t15-,16?,19+,20+;/m1./s1. The average molecular weight is 473 g/mol. The summed E-state index contributed by atoms with van der Waals surface area (Å²) in [5.41, 5.74) is 1.77. The van der Waals surface area contributed by atoms with Gasteiger partial charge in [0.15, 0.2) is 6.04 Å². The van der Waals surface area contributed by atoms with Gasteiger partial charge in [-0.25, -0.2) is 14.2 Å². The van der Waals surface area contributed by atoms with Crippen molar-refractivity contribution < 1.29 is 19.0 Å². The number of pyridine rings is 1. The van der Waals surface area contributed by atoms with Crippen molar-refractivity contribution in [1.82, 2.24) is 10.6 Å². The fourth-order valence-electron chi connectivity index (χ4n) is 4.38. The Balaban J connectivity index is 0.00000306. The first kappa shape index (κ1) is 24.5. The first-order valence-electron chi connectivity index (χ1n) is 11.2. The molecule has 0 bridgehead atoms. The SMILES string of the molecule is CC[C@@H](C)C(=O)N[C@@H]1C(=O)N2c3c(ccc[n+]3C1C)C[C@H]2CNC(=O)Nc1ccccc1.Cl. The second kappa shape index (κ2) is 10.2. The molecule has 9 heteroatoms. The van der Waals surface area contributed by atoms with Crippen molar-refractivity contribution in [1.29, 1.82) is 0 Å². The molecule has 1 aromatic carbocycles. The number of para-hydroxylation sites is 1. The van der Waals surface area contributed by atoms with Crippen LogP contribution in [0.15, 0.2) is 48.7 Å². The van der Waals surface area contributed by atoms with Crippen LogP contribution in [0.1, 0.15) is 38.8 Å². The summed E-state index contributed by atoms with van der Waals surface area (Å²) in [4.78, 5) is 40.2. The number of amides is 4. The van der Waals surface area contributed by atoms with Crippen LogP contribution in [0.2, 0.25) is 0 Å². The summed E-state index contributed by atoms with van der Waals surface area (Å²) >= 11 is 0. The maximum absolute atomic E-state index is 13.5. The minimum absolute atomic E-state index is 0. The first-order chi connectivity index (χ1) is 15.4. The van der Waals surface area contributed by atoms with Gasteiger partial charge in [-0.15, -0.1) is 12.4 Å². The van der Waals surface area contributed by atoms with Crippen LogP contribution in [-0.2, 0) is 16.0 Å². The molecule has 0 saturated heterocycles. The molecule has 2 aliphatic rings. The molecule has 1 aromatic heterocycles. The number of carbonyl (C=O) groups excluding carboxylic acids is 3. The van der Waals surface area contributed by atoms with Gasteiger partial charge in [-0.2, -0.15) is 4.90 Å². The normalized spacial score (nSPS) is 21.5. The highest BCUT2D eigenvalue weighted by Gasteiger charge is 2.53. The van der Waals surface area contributed by atoms with Gasteiger partial charge in [0.25, 0.3) is 5.82 Å². The zero-order valence-corrected chi connectivity index (χ0v) is 19.9. The number of halogens is 1. The molecule has 3 N–H and O–H groups in total. The smallest absolute Gasteiger partial charge is 0.336 e. The van der Waals surface area contributed by atoms with E-state index < -0.39 is 6.04 Å². The fraction of sp³-hybridized carbons (Fsp3) is 0.417. The number of hydrogen-bond acceptors (Lipinski definition) is 3. The first-order valence-corrected chi connectivity index (χ1v) is 11.2. The third-order valence-electron chi connectivity index (χ3n) is 6.44. The summed E-state index contributed by atoms with van der Waals surface area (Å²) in [5.74, 6) is 0.447. The van der Waals surface area contributed by atoms with E-state index in [9.17, 15) is 14.4 Å². The van der Waals surface area contributed by atoms with Crippen molar-refractivity contribution in [2.24, 2.45) is 5.92 Å². The number of nitrogens with one attached hydrogen (secondary N) is 3. The van der Waals surface area contributed by atoms with Gasteiger partial charge in [-0.3, -0.25) is 4.79 Å². The van der Waals surface area contributed by atoms with E-state index >= 15 is 0 Å².